The van der Waals surface area contributed by atoms with Crippen LogP contribution in [-0.2, 0) is 9.47 Å². The number of aliphatic hydroxyl groups excluding tert-OH is 1. The van der Waals surface area contributed by atoms with E-state index in [1.807, 2.05) is 20.8 Å². The van der Waals surface area contributed by atoms with Crippen molar-refractivity contribution in [2.75, 3.05) is 5.32 Å². The van der Waals surface area contributed by atoms with E-state index in [1.54, 1.807) is 0 Å². The maximum atomic E-state index is 10.1. The molecular weight excluding hydrogens is 326 g/mol. The number of hydrogen-bond donors (Lipinski definition) is 2. The highest BCUT2D eigenvalue weighted by molar-refractivity contribution is 9.10. The minimum Gasteiger partial charge on any atom is -0.390 e. The first-order valence-electron chi connectivity index (χ1n) is 6.65. The van der Waals surface area contributed by atoms with Gasteiger partial charge in [-0.25, -0.2) is 9.97 Å². The van der Waals surface area contributed by atoms with Gasteiger partial charge in [-0.15, -0.1) is 0 Å². The highest BCUT2D eigenvalue weighted by atomic mass is 79.9. The average Bonchev–Trinajstić information content (AvgIpc) is 2.82. The van der Waals surface area contributed by atoms with Gasteiger partial charge in [0.05, 0.1) is 22.3 Å². The first-order chi connectivity index (χ1) is 9.37. The van der Waals surface area contributed by atoms with E-state index in [-0.39, 0.29) is 18.2 Å². The minimum absolute atomic E-state index is 0.0395. The largest absolute Gasteiger partial charge is 0.390 e. The molecule has 3 rings (SSSR count). The third-order valence-electron chi connectivity index (χ3n) is 3.72. The summed E-state index contributed by atoms with van der Waals surface area (Å²) in [7, 11) is 0. The Labute approximate surface area is 126 Å². The topological polar surface area (TPSA) is 76.5 Å². The van der Waals surface area contributed by atoms with E-state index in [1.165, 1.54) is 6.33 Å². The van der Waals surface area contributed by atoms with E-state index < -0.39 is 11.9 Å². The third-order valence-corrected chi connectivity index (χ3v) is 4.67. The fourth-order valence-electron chi connectivity index (χ4n) is 2.83. The number of aliphatic hydroxyl groups is 1. The molecular formula is C13H18BrN3O3. The number of nitrogens with one attached hydrogen (secondary N) is 1. The van der Waals surface area contributed by atoms with Gasteiger partial charge in [0.15, 0.2) is 5.79 Å². The standard InChI is InChI=1S/C13H18BrN3O3/c1-6-9(14)12(16-5-15-6)17-7-4-8(18)11-10(7)19-13(2,3)20-11/h5,7-8,10-11,18H,4H2,1-3H3,(H,15,16,17)/t7-,8+,10+,11-/m1/s1. The molecule has 110 valence electrons. The van der Waals surface area contributed by atoms with Gasteiger partial charge in [0.2, 0.25) is 0 Å². The molecule has 2 N–H and O–H groups in total. The van der Waals surface area contributed by atoms with Crippen LogP contribution in [0.2, 0.25) is 0 Å². The van der Waals surface area contributed by atoms with Crippen LogP contribution in [0, 0.1) is 6.92 Å². The number of fused-ring (bicyclic) bond motifs is 1. The Morgan fingerprint density at radius 3 is 2.80 bits per heavy atom. The van der Waals surface area contributed by atoms with Crippen LogP contribution in [0.25, 0.3) is 0 Å². The van der Waals surface area contributed by atoms with Crippen LogP contribution >= 0.6 is 15.9 Å². The van der Waals surface area contributed by atoms with Crippen LogP contribution in [0.1, 0.15) is 26.0 Å². The summed E-state index contributed by atoms with van der Waals surface area (Å²) >= 11 is 3.48. The summed E-state index contributed by atoms with van der Waals surface area (Å²) in [5.41, 5.74) is 0.863. The molecule has 2 heterocycles. The molecule has 1 saturated heterocycles. The number of aromatic nitrogens is 2. The SMILES string of the molecule is Cc1ncnc(N[C@@H]2C[C@H](O)[C@H]3OC(C)(C)O[C@H]32)c1Br. The number of anilines is 1. The van der Waals surface area contributed by atoms with E-state index >= 15 is 0 Å². The monoisotopic (exact) mass is 343 g/mol. The summed E-state index contributed by atoms with van der Waals surface area (Å²) in [6, 6.07) is -0.0395. The van der Waals surface area contributed by atoms with Crippen molar-refractivity contribution in [2.24, 2.45) is 0 Å². The van der Waals surface area contributed by atoms with Crippen LogP contribution in [0.3, 0.4) is 0 Å². The highest BCUT2D eigenvalue weighted by Gasteiger charge is 2.53. The van der Waals surface area contributed by atoms with E-state index in [0.29, 0.717) is 12.2 Å². The van der Waals surface area contributed by atoms with Crippen molar-refractivity contribution in [1.29, 1.82) is 0 Å². The molecule has 0 amide bonds. The van der Waals surface area contributed by atoms with Gasteiger partial charge in [0, 0.05) is 0 Å². The van der Waals surface area contributed by atoms with Gasteiger partial charge >= 0.3 is 0 Å². The molecule has 0 unspecified atom stereocenters. The molecule has 1 saturated carbocycles. The molecule has 20 heavy (non-hydrogen) atoms. The van der Waals surface area contributed by atoms with Crippen LogP contribution in [-0.4, -0.2) is 45.2 Å². The normalized spacial score (nSPS) is 35.0. The molecule has 1 aromatic rings. The number of hydrogen-bond acceptors (Lipinski definition) is 6. The van der Waals surface area contributed by atoms with E-state index in [2.05, 4.69) is 31.2 Å². The number of nitrogens with zero attached hydrogens (tertiary/aromatic N) is 2. The molecule has 4 atom stereocenters. The van der Waals surface area contributed by atoms with Gasteiger partial charge in [-0.1, -0.05) is 0 Å². The lowest BCUT2D eigenvalue weighted by atomic mass is 10.2. The number of aryl methyl sites for hydroxylation is 1. The highest BCUT2D eigenvalue weighted by Crippen LogP contribution is 2.39. The van der Waals surface area contributed by atoms with Gasteiger partial charge in [0.25, 0.3) is 0 Å². The lowest BCUT2D eigenvalue weighted by Crippen LogP contribution is -2.34. The average molecular weight is 344 g/mol. The van der Waals surface area contributed by atoms with Gasteiger partial charge in [-0.2, -0.15) is 0 Å². The van der Waals surface area contributed by atoms with Crippen molar-refractivity contribution in [3.8, 4) is 0 Å². The van der Waals surface area contributed by atoms with Gasteiger partial charge in [-0.05, 0) is 43.1 Å². The molecule has 2 aliphatic rings. The lowest BCUT2D eigenvalue weighted by Gasteiger charge is -2.23. The van der Waals surface area contributed by atoms with Gasteiger partial charge in [-0.3, -0.25) is 0 Å². The predicted molar refractivity (Wildman–Crippen MR) is 76.3 cm³/mol. The third kappa shape index (κ3) is 2.43. The molecule has 1 aromatic heterocycles. The van der Waals surface area contributed by atoms with Crippen molar-refractivity contribution >= 4 is 21.7 Å². The molecule has 2 fully saturated rings. The minimum atomic E-state index is -0.657. The van der Waals surface area contributed by atoms with Crippen molar-refractivity contribution in [3.05, 3.63) is 16.5 Å². The Morgan fingerprint density at radius 1 is 1.35 bits per heavy atom. The molecule has 0 spiro atoms. The van der Waals surface area contributed by atoms with Crippen molar-refractivity contribution < 1.29 is 14.6 Å². The smallest absolute Gasteiger partial charge is 0.163 e. The summed E-state index contributed by atoms with van der Waals surface area (Å²) in [5, 5.41) is 13.4. The molecule has 0 radical (unpaired) electrons. The van der Waals surface area contributed by atoms with Crippen molar-refractivity contribution in [1.82, 2.24) is 9.97 Å². The predicted octanol–water partition coefficient (Wildman–Crippen LogP) is 1.61. The van der Waals surface area contributed by atoms with Crippen LogP contribution < -0.4 is 5.32 Å². The molecule has 1 aliphatic heterocycles. The maximum Gasteiger partial charge on any atom is 0.163 e. The zero-order valence-corrected chi connectivity index (χ0v) is 13.2. The van der Waals surface area contributed by atoms with E-state index in [0.717, 1.165) is 10.2 Å². The van der Waals surface area contributed by atoms with Crippen LogP contribution in [0.4, 0.5) is 5.82 Å². The second-order valence-electron chi connectivity index (χ2n) is 5.74. The number of ether oxygens (including phenoxy) is 2. The molecule has 0 bridgehead atoms. The Morgan fingerprint density at radius 2 is 2.05 bits per heavy atom. The lowest BCUT2D eigenvalue weighted by molar-refractivity contribution is -0.162. The Bertz CT molecular complexity index is 526. The molecule has 0 aromatic carbocycles. The second-order valence-corrected chi connectivity index (χ2v) is 6.53. The second kappa shape index (κ2) is 4.91. The van der Waals surface area contributed by atoms with Gasteiger partial charge in [0.1, 0.15) is 24.4 Å². The van der Waals surface area contributed by atoms with Crippen LogP contribution in [0.5, 0.6) is 0 Å². The fourth-order valence-corrected chi connectivity index (χ4v) is 3.15. The van der Waals surface area contributed by atoms with Crippen molar-refractivity contribution in [2.45, 2.75) is 57.3 Å². The summed E-state index contributed by atoms with van der Waals surface area (Å²) in [4.78, 5) is 8.35. The first kappa shape index (κ1) is 14.2. The summed E-state index contributed by atoms with van der Waals surface area (Å²) < 4.78 is 12.5. The van der Waals surface area contributed by atoms with E-state index in [4.69, 9.17) is 9.47 Å². The first-order valence-corrected chi connectivity index (χ1v) is 7.44. The molecule has 1 aliphatic carbocycles. The van der Waals surface area contributed by atoms with Crippen molar-refractivity contribution in [3.63, 3.8) is 0 Å². The zero-order valence-electron chi connectivity index (χ0n) is 11.6. The number of halogens is 1. The molecule has 6 nitrogen and oxygen atoms in total. The summed E-state index contributed by atoms with van der Waals surface area (Å²) in [6.45, 7) is 5.63. The van der Waals surface area contributed by atoms with E-state index in [9.17, 15) is 5.11 Å². The quantitative estimate of drug-likeness (QED) is 0.849. The number of rotatable bonds is 2. The Hall–Kier alpha value is -0.760. The summed E-state index contributed by atoms with van der Waals surface area (Å²) in [6.07, 6.45) is 1.09. The maximum absolute atomic E-state index is 10.1. The zero-order chi connectivity index (χ0) is 14.5. The molecule has 7 heteroatoms. The fraction of sp³-hybridized carbons (Fsp3) is 0.692. The van der Waals surface area contributed by atoms with Gasteiger partial charge < -0.3 is 19.9 Å². The Balaban J connectivity index is 1.80. The Kier molecular flexibility index (Phi) is 3.48. The van der Waals surface area contributed by atoms with Crippen LogP contribution in [0.15, 0.2) is 10.8 Å². The summed E-state index contributed by atoms with van der Waals surface area (Å²) in [5.74, 6) is 0.0545.